The molecule has 12 heavy (non-hydrogen) atoms. The van der Waals surface area contributed by atoms with Gasteiger partial charge in [0.05, 0.1) is 0 Å². The largest absolute Gasteiger partial charge is 0.480 e. The van der Waals surface area contributed by atoms with Gasteiger partial charge in [-0.25, -0.2) is 9.78 Å². The van der Waals surface area contributed by atoms with Crippen LogP contribution < -0.4 is 0 Å². The summed E-state index contributed by atoms with van der Waals surface area (Å²) in [6.07, 6.45) is 2.87. The second-order valence-electron chi connectivity index (χ2n) is 2.28. The smallest absolute Gasteiger partial charge is 0.326 e. The summed E-state index contributed by atoms with van der Waals surface area (Å²) in [5.41, 5.74) is 0. The zero-order chi connectivity index (χ0) is 9.14. The Kier molecular flexibility index (Phi) is 2.10. The van der Waals surface area contributed by atoms with Crippen LogP contribution >= 0.6 is 0 Å². The fraction of sp³-hybridized carbons (Fsp3) is 0.286. The average Bonchev–Trinajstić information content (AvgIpc) is 2.49. The third-order valence-electron chi connectivity index (χ3n) is 1.54. The van der Waals surface area contributed by atoms with Crippen molar-refractivity contribution in [3.8, 4) is 6.07 Å². The van der Waals surface area contributed by atoms with Crippen LogP contribution in [0.4, 0.5) is 0 Å². The van der Waals surface area contributed by atoms with Crippen molar-refractivity contribution in [1.29, 1.82) is 5.26 Å². The van der Waals surface area contributed by atoms with Crippen LogP contribution in [-0.4, -0.2) is 20.6 Å². The summed E-state index contributed by atoms with van der Waals surface area (Å²) in [6.45, 7) is 1.49. The number of hydrogen-bond acceptors (Lipinski definition) is 3. The topological polar surface area (TPSA) is 78.9 Å². The molecule has 1 rings (SSSR count). The first-order chi connectivity index (χ1) is 5.66. The summed E-state index contributed by atoms with van der Waals surface area (Å²) in [7, 11) is 0. The maximum absolute atomic E-state index is 10.5. The molecule has 1 heterocycles. The van der Waals surface area contributed by atoms with Crippen LogP contribution in [0.15, 0.2) is 12.4 Å². The molecule has 0 spiro atoms. The predicted octanol–water partition coefficient (Wildman–Crippen LogP) is 0.400. The van der Waals surface area contributed by atoms with Crippen LogP contribution in [0.5, 0.6) is 0 Å². The monoisotopic (exact) mass is 165 g/mol. The lowest BCUT2D eigenvalue weighted by molar-refractivity contribution is -0.140. The summed E-state index contributed by atoms with van der Waals surface area (Å²) in [5, 5.41) is 17.1. The number of rotatable bonds is 2. The van der Waals surface area contributed by atoms with Gasteiger partial charge in [-0.05, 0) is 6.92 Å². The molecule has 1 atom stereocenters. The van der Waals surface area contributed by atoms with Gasteiger partial charge in [-0.3, -0.25) is 0 Å². The van der Waals surface area contributed by atoms with E-state index in [2.05, 4.69) is 4.98 Å². The number of nitriles is 1. The molecular formula is C7H7N3O2. The molecule has 0 radical (unpaired) electrons. The van der Waals surface area contributed by atoms with Gasteiger partial charge in [0.25, 0.3) is 0 Å². The minimum absolute atomic E-state index is 0.116. The highest BCUT2D eigenvalue weighted by Gasteiger charge is 2.15. The Morgan fingerprint density at radius 2 is 2.58 bits per heavy atom. The molecule has 0 aliphatic carbocycles. The molecule has 0 aliphatic heterocycles. The number of aromatic nitrogens is 2. The van der Waals surface area contributed by atoms with E-state index < -0.39 is 12.0 Å². The third kappa shape index (κ3) is 1.27. The van der Waals surface area contributed by atoms with Crippen LogP contribution in [0.3, 0.4) is 0 Å². The van der Waals surface area contributed by atoms with Crippen LogP contribution in [0.25, 0.3) is 0 Å². The normalized spacial score (nSPS) is 12.0. The maximum Gasteiger partial charge on any atom is 0.326 e. The maximum atomic E-state index is 10.5. The molecule has 0 aliphatic rings. The van der Waals surface area contributed by atoms with Crippen LogP contribution in [0.2, 0.25) is 0 Å². The lowest BCUT2D eigenvalue weighted by Gasteiger charge is -2.07. The second kappa shape index (κ2) is 3.05. The van der Waals surface area contributed by atoms with Gasteiger partial charge >= 0.3 is 5.97 Å². The quantitative estimate of drug-likeness (QED) is 0.687. The minimum Gasteiger partial charge on any atom is -0.480 e. The highest BCUT2D eigenvalue weighted by atomic mass is 16.4. The van der Waals surface area contributed by atoms with E-state index in [1.54, 1.807) is 6.07 Å². The first kappa shape index (κ1) is 8.27. The van der Waals surface area contributed by atoms with Gasteiger partial charge in [0.15, 0.2) is 0 Å². The lowest BCUT2D eigenvalue weighted by atomic mass is 10.3. The summed E-state index contributed by atoms with van der Waals surface area (Å²) < 4.78 is 1.31. The molecule has 1 N–H and O–H groups in total. The Hall–Kier alpha value is -1.83. The van der Waals surface area contributed by atoms with Gasteiger partial charge in [0.1, 0.15) is 12.1 Å². The van der Waals surface area contributed by atoms with Crippen molar-refractivity contribution >= 4 is 5.97 Å². The summed E-state index contributed by atoms with van der Waals surface area (Å²) in [4.78, 5) is 14.2. The van der Waals surface area contributed by atoms with Crippen molar-refractivity contribution in [2.24, 2.45) is 0 Å². The van der Waals surface area contributed by atoms with Gasteiger partial charge in [0, 0.05) is 12.4 Å². The zero-order valence-electron chi connectivity index (χ0n) is 6.43. The molecule has 0 saturated carbocycles. The van der Waals surface area contributed by atoms with Crippen molar-refractivity contribution in [2.75, 3.05) is 0 Å². The zero-order valence-corrected chi connectivity index (χ0v) is 6.43. The molecule has 0 saturated heterocycles. The molecule has 1 aromatic rings. The van der Waals surface area contributed by atoms with E-state index >= 15 is 0 Å². The third-order valence-corrected chi connectivity index (χ3v) is 1.54. The molecule has 0 fully saturated rings. The average molecular weight is 165 g/mol. The second-order valence-corrected chi connectivity index (χ2v) is 2.28. The van der Waals surface area contributed by atoms with E-state index in [4.69, 9.17) is 10.4 Å². The Morgan fingerprint density at radius 3 is 3.08 bits per heavy atom. The summed E-state index contributed by atoms with van der Waals surface area (Å²) in [6, 6.07) is 1.05. The van der Waals surface area contributed by atoms with E-state index in [0.29, 0.717) is 0 Å². The van der Waals surface area contributed by atoms with Gasteiger partial charge in [-0.1, -0.05) is 0 Å². The number of aliphatic carboxylic acids is 1. The molecule has 5 nitrogen and oxygen atoms in total. The van der Waals surface area contributed by atoms with Crippen molar-refractivity contribution in [3.05, 3.63) is 18.2 Å². The molecule has 62 valence electrons. The number of carboxylic acid groups (broad SMARTS) is 1. The van der Waals surface area contributed by atoms with Gasteiger partial charge in [-0.15, -0.1) is 0 Å². The van der Waals surface area contributed by atoms with Crippen molar-refractivity contribution in [2.45, 2.75) is 13.0 Å². The predicted molar refractivity (Wildman–Crippen MR) is 39.3 cm³/mol. The number of carbonyl (C=O) groups is 1. The Balaban J connectivity index is 3.03. The van der Waals surface area contributed by atoms with E-state index in [0.717, 1.165) is 0 Å². The van der Waals surface area contributed by atoms with E-state index in [-0.39, 0.29) is 5.82 Å². The van der Waals surface area contributed by atoms with Gasteiger partial charge in [0.2, 0.25) is 5.82 Å². The van der Waals surface area contributed by atoms with Crippen LogP contribution in [-0.2, 0) is 4.79 Å². The van der Waals surface area contributed by atoms with Crippen molar-refractivity contribution in [3.63, 3.8) is 0 Å². The van der Waals surface area contributed by atoms with Crippen molar-refractivity contribution in [1.82, 2.24) is 9.55 Å². The molecule has 0 amide bonds. The van der Waals surface area contributed by atoms with Gasteiger partial charge in [-0.2, -0.15) is 5.26 Å². The lowest BCUT2D eigenvalue weighted by Crippen LogP contribution is -2.16. The molecule has 0 aromatic carbocycles. The first-order valence-corrected chi connectivity index (χ1v) is 3.32. The highest BCUT2D eigenvalue weighted by molar-refractivity contribution is 5.71. The van der Waals surface area contributed by atoms with E-state index in [1.165, 1.54) is 23.9 Å². The number of carboxylic acids is 1. The molecule has 1 unspecified atom stereocenters. The molecule has 0 bridgehead atoms. The Labute approximate surface area is 68.9 Å². The fourth-order valence-corrected chi connectivity index (χ4v) is 0.831. The Bertz CT molecular complexity index is 337. The highest BCUT2D eigenvalue weighted by Crippen LogP contribution is 2.07. The first-order valence-electron chi connectivity index (χ1n) is 3.32. The molecular weight excluding hydrogens is 158 g/mol. The number of nitrogens with zero attached hydrogens (tertiary/aromatic N) is 3. The van der Waals surface area contributed by atoms with Crippen molar-refractivity contribution < 1.29 is 9.90 Å². The SMILES string of the molecule is CC(C(=O)O)n1ccnc1C#N. The molecule has 5 heteroatoms. The van der Waals surface area contributed by atoms with E-state index in [9.17, 15) is 4.79 Å². The fourth-order valence-electron chi connectivity index (χ4n) is 0.831. The Morgan fingerprint density at radius 1 is 1.92 bits per heavy atom. The minimum atomic E-state index is -0.982. The van der Waals surface area contributed by atoms with E-state index in [1.807, 2.05) is 0 Å². The molecule has 1 aromatic heterocycles. The number of imidazole rings is 1. The van der Waals surface area contributed by atoms with Crippen LogP contribution in [0, 0.1) is 11.3 Å². The van der Waals surface area contributed by atoms with Crippen LogP contribution in [0.1, 0.15) is 18.8 Å². The van der Waals surface area contributed by atoms with Gasteiger partial charge < -0.3 is 9.67 Å². The number of hydrogen-bond donors (Lipinski definition) is 1. The standard InChI is InChI=1S/C7H7N3O2/c1-5(7(11)12)10-3-2-9-6(10)4-8/h2-3,5H,1H3,(H,11,12). The summed E-state index contributed by atoms with van der Waals surface area (Å²) >= 11 is 0. The summed E-state index contributed by atoms with van der Waals surface area (Å²) in [5.74, 6) is -0.866.